The van der Waals surface area contributed by atoms with E-state index in [4.69, 9.17) is 0 Å². The molecule has 0 bridgehead atoms. The first-order chi connectivity index (χ1) is 10.0. The van der Waals surface area contributed by atoms with Gasteiger partial charge < -0.3 is 9.64 Å². The molecule has 8 nitrogen and oxygen atoms in total. The van der Waals surface area contributed by atoms with Crippen molar-refractivity contribution in [2.75, 3.05) is 20.2 Å². The van der Waals surface area contributed by atoms with E-state index < -0.39 is 11.1 Å². The summed E-state index contributed by atoms with van der Waals surface area (Å²) in [6.45, 7) is 0.659. The molecule has 0 aliphatic carbocycles. The monoisotopic (exact) mass is 295 g/mol. The van der Waals surface area contributed by atoms with Gasteiger partial charge in [0.1, 0.15) is 6.54 Å². The van der Waals surface area contributed by atoms with Crippen molar-refractivity contribution in [3.8, 4) is 0 Å². The highest BCUT2D eigenvalue weighted by Gasteiger charge is 2.27. The van der Waals surface area contributed by atoms with Crippen LogP contribution in [0.25, 0.3) is 0 Å². The average molecular weight is 295 g/mol. The number of methoxy groups -OCH3 is 1. The van der Waals surface area contributed by atoms with Crippen LogP contribution < -0.4 is 11.1 Å². The van der Waals surface area contributed by atoms with Crippen molar-refractivity contribution in [3.05, 3.63) is 32.8 Å². The second-order valence-corrected chi connectivity index (χ2v) is 4.91. The number of nitrogens with zero attached hydrogens (tertiary/aromatic N) is 2. The third-order valence-electron chi connectivity index (χ3n) is 3.56. The lowest BCUT2D eigenvalue weighted by atomic mass is 9.97. The Kier molecular flexibility index (Phi) is 4.56. The Morgan fingerprint density at radius 1 is 1.29 bits per heavy atom. The number of rotatable bonds is 3. The molecular formula is C13H17N3O5. The molecule has 1 saturated heterocycles. The number of likely N-dealkylation sites (tertiary alicyclic amines) is 1. The van der Waals surface area contributed by atoms with Crippen LogP contribution in [-0.2, 0) is 20.9 Å². The number of esters is 1. The van der Waals surface area contributed by atoms with Crippen molar-refractivity contribution in [1.29, 1.82) is 0 Å². The van der Waals surface area contributed by atoms with E-state index in [1.807, 2.05) is 0 Å². The number of H-pyrrole nitrogens is 1. The van der Waals surface area contributed by atoms with Crippen molar-refractivity contribution in [2.45, 2.75) is 19.4 Å². The van der Waals surface area contributed by atoms with Crippen LogP contribution in [0.1, 0.15) is 12.8 Å². The number of carbonyl (C=O) groups excluding carboxylic acids is 2. The molecule has 0 atom stereocenters. The Hall–Kier alpha value is -2.38. The number of aromatic amines is 1. The van der Waals surface area contributed by atoms with Gasteiger partial charge in [-0.05, 0) is 12.8 Å². The van der Waals surface area contributed by atoms with Crippen molar-refractivity contribution in [2.24, 2.45) is 5.92 Å². The van der Waals surface area contributed by atoms with Gasteiger partial charge >= 0.3 is 5.97 Å². The van der Waals surface area contributed by atoms with Crippen LogP contribution in [0.4, 0.5) is 0 Å². The number of hydrogen-bond acceptors (Lipinski definition) is 5. The molecule has 21 heavy (non-hydrogen) atoms. The van der Waals surface area contributed by atoms with E-state index >= 15 is 0 Å². The first-order valence-corrected chi connectivity index (χ1v) is 6.67. The molecule has 1 aromatic heterocycles. The van der Waals surface area contributed by atoms with Crippen LogP contribution in [-0.4, -0.2) is 46.8 Å². The highest BCUT2D eigenvalue weighted by Crippen LogP contribution is 2.18. The highest BCUT2D eigenvalue weighted by atomic mass is 16.5. The summed E-state index contributed by atoms with van der Waals surface area (Å²) in [6, 6.07) is 2.24. The fourth-order valence-corrected chi connectivity index (χ4v) is 2.35. The Morgan fingerprint density at radius 3 is 2.57 bits per heavy atom. The SMILES string of the molecule is COC(=O)C1CCN(C(=O)Cn2[nH]c(=O)ccc2=O)CC1. The Labute approximate surface area is 120 Å². The van der Waals surface area contributed by atoms with E-state index in [1.54, 1.807) is 4.90 Å². The molecule has 0 unspecified atom stereocenters. The van der Waals surface area contributed by atoms with E-state index in [0.29, 0.717) is 25.9 Å². The largest absolute Gasteiger partial charge is 0.469 e. The van der Waals surface area contributed by atoms with Gasteiger partial charge in [0.05, 0.1) is 13.0 Å². The van der Waals surface area contributed by atoms with E-state index in [2.05, 4.69) is 9.84 Å². The Morgan fingerprint density at radius 2 is 1.95 bits per heavy atom. The fourth-order valence-electron chi connectivity index (χ4n) is 2.35. The first-order valence-electron chi connectivity index (χ1n) is 6.67. The molecule has 1 fully saturated rings. The molecule has 1 aromatic rings. The summed E-state index contributed by atoms with van der Waals surface area (Å²) in [5.41, 5.74) is -0.876. The minimum absolute atomic E-state index is 0.182. The zero-order chi connectivity index (χ0) is 15.4. The maximum atomic E-state index is 12.1. The van der Waals surface area contributed by atoms with Crippen LogP contribution in [0.3, 0.4) is 0 Å². The third kappa shape index (κ3) is 3.59. The predicted octanol–water partition coefficient (Wildman–Crippen LogP) is -1.05. The summed E-state index contributed by atoms with van der Waals surface area (Å²) in [6.07, 6.45) is 1.08. The maximum absolute atomic E-state index is 12.1. The quantitative estimate of drug-likeness (QED) is 0.717. The molecule has 2 rings (SSSR count). The summed E-state index contributed by atoms with van der Waals surface area (Å²) in [5.74, 6) is -0.703. The first kappa shape index (κ1) is 15.0. The third-order valence-corrected chi connectivity index (χ3v) is 3.56. The summed E-state index contributed by atoms with van der Waals surface area (Å²) >= 11 is 0. The molecule has 0 aromatic carbocycles. The normalized spacial score (nSPS) is 15.8. The lowest BCUT2D eigenvalue weighted by molar-refractivity contribution is -0.149. The van der Waals surface area contributed by atoms with E-state index in [-0.39, 0.29) is 24.3 Å². The average Bonchev–Trinajstić information content (AvgIpc) is 2.50. The molecule has 1 aliphatic rings. The van der Waals surface area contributed by atoms with Crippen molar-refractivity contribution in [3.63, 3.8) is 0 Å². The summed E-state index contributed by atoms with van der Waals surface area (Å²) in [4.78, 5) is 47.8. The van der Waals surface area contributed by atoms with Crippen LogP contribution in [0.5, 0.6) is 0 Å². The number of nitrogens with one attached hydrogen (secondary N) is 1. The Balaban J connectivity index is 1.96. The number of hydrogen-bond donors (Lipinski definition) is 1. The van der Waals surface area contributed by atoms with Crippen molar-refractivity contribution in [1.82, 2.24) is 14.7 Å². The molecule has 1 aliphatic heterocycles. The molecule has 0 spiro atoms. The molecule has 0 saturated carbocycles. The number of carbonyl (C=O) groups is 2. The van der Waals surface area contributed by atoms with Crippen LogP contribution in [0.15, 0.2) is 21.7 Å². The number of aromatic nitrogens is 2. The van der Waals surface area contributed by atoms with Crippen molar-refractivity contribution < 1.29 is 14.3 Å². The molecule has 2 heterocycles. The molecule has 0 radical (unpaired) electrons. The highest BCUT2D eigenvalue weighted by molar-refractivity contribution is 5.77. The summed E-state index contributed by atoms with van der Waals surface area (Å²) < 4.78 is 5.67. The van der Waals surface area contributed by atoms with Gasteiger partial charge in [-0.25, -0.2) is 4.68 Å². The van der Waals surface area contributed by atoms with Crippen LogP contribution in [0.2, 0.25) is 0 Å². The number of piperidine rings is 1. The summed E-state index contributed by atoms with van der Waals surface area (Å²) in [5, 5.41) is 2.31. The molecular weight excluding hydrogens is 278 g/mol. The summed E-state index contributed by atoms with van der Waals surface area (Å²) in [7, 11) is 1.35. The fraction of sp³-hybridized carbons (Fsp3) is 0.538. The van der Waals surface area contributed by atoms with Gasteiger partial charge in [0, 0.05) is 25.2 Å². The zero-order valence-corrected chi connectivity index (χ0v) is 11.7. The molecule has 8 heteroatoms. The van der Waals surface area contributed by atoms with Gasteiger partial charge in [-0.3, -0.25) is 24.3 Å². The van der Waals surface area contributed by atoms with E-state index in [9.17, 15) is 19.2 Å². The molecule has 1 amide bonds. The zero-order valence-electron chi connectivity index (χ0n) is 11.7. The topological polar surface area (TPSA) is 101 Å². The van der Waals surface area contributed by atoms with E-state index in [0.717, 1.165) is 16.8 Å². The lowest BCUT2D eigenvalue weighted by Crippen LogP contribution is -2.43. The second kappa shape index (κ2) is 6.38. The maximum Gasteiger partial charge on any atom is 0.308 e. The van der Waals surface area contributed by atoms with Gasteiger partial charge in [-0.2, -0.15) is 0 Å². The minimum atomic E-state index is -0.438. The van der Waals surface area contributed by atoms with Crippen molar-refractivity contribution >= 4 is 11.9 Å². The number of ether oxygens (including phenoxy) is 1. The van der Waals surface area contributed by atoms with Crippen LogP contribution >= 0.6 is 0 Å². The smallest absolute Gasteiger partial charge is 0.308 e. The lowest BCUT2D eigenvalue weighted by Gasteiger charge is -2.30. The molecule has 114 valence electrons. The molecule has 1 N–H and O–H groups in total. The standard InChI is InChI=1S/C13H17N3O5/c1-21-13(20)9-4-6-15(7-5-9)12(19)8-16-11(18)3-2-10(17)14-16/h2-3,9H,4-8H2,1H3,(H,14,17). The van der Waals surface area contributed by atoms with Gasteiger partial charge in [0.25, 0.3) is 11.1 Å². The van der Waals surface area contributed by atoms with Gasteiger partial charge in [-0.1, -0.05) is 0 Å². The van der Waals surface area contributed by atoms with Gasteiger partial charge in [0.15, 0.2) is 0 Å². The minimum Gasteiger partial charge on any atom is -0.469 e. The van der Waals surface area contributed by atoms with Gasteiger partial charge in [0.2, 0.25) is 5.91 Å². The number of amides is 1. The van der Waals surface area contributed by atoms with Gasteiger partial charge in [-0.15, -0.1) is 0 Å². The van der Waals surface area contributed by atoms with E-state index in [1.165, 1.54) is 7.11 Å². The predicted molar refractivity (Wildman–Crippen MR) is 72.6 cm³/mol. The van der Waals surface area contributed by atoms with Crippen LogP contribution in [0, 0.1) is 5.92 Å². The Bertz CT molecular complexity index is 640. The second-order valence-electron chi connectivity index (χ2n) is 4.91.